The first-order valence-corrected chi connectivity index (χ1v) is 14.5. The molecule has 0 unspecified atom stereocenters. The van der Waals surface area contributed by atoms with Gasteiger partial charge in [-0.2, -0.15) is 0 Å². The molecule has 2 N–H and O–H groups in total. The smallest absolute Gasteiger partial charge is 0.252 e. The van der Waals surface area contributed by atoms with Gasteiger partial charge in [-0.05, 0) is 74.6 Å². The van der Waals surface area contributed by atoms with Crippen LogP contribution in [0.15, 0.2) is 54.7 Å². The number of hydrogen-bond donors (Lipinski definition) is 2. The number of pyridine rings is 1. The first kappa shape index (κ1) is 25.6. The van der Waals surface area contributed by atoms with E-state index < -0.39 is 5.54 Å². The van der Waals surface area contributed by atoms with Crippen LogP contribution in [0.3, 0.4) is 0 Å². The van der Waals surface area contributed by atoms with Gasteiger partial charge in [0.25, 0.3) is 5.91 Å². The highest BCUT2D eigenvalue weighted by molar-refractivity contribution is 6.01. The Morgan fingerprint density at radius 3 is 2.78 bits per heavy atom. The number of methoxy groups -OCH3 is 1. The van der Waals surface area contributed by atoms with Crippen molar-refractivity contribution < 1.29 is 14.3 Å². The third-order valence-electron chi connectivity index (χ3n) is 8.67. The number of ether oxygens (including phenoxy) is 2. The first-order chi connectivity index (χ1) is 19.9. The molecule has 41 heavy (non-hydrogen) atoms. The Morgan fingerprint density at radius 2 is 1.98 bits per heavy atom. The van der Waals surface area contributed by atoms with Gasteiger partial charge in [0, 0.05) is 34.3 Å². The molecule has 1 fully saturated rings. The predicted molar refractivity (Wildman–Crippen MR) is 160 cm³/mol. The van der Waals surface area contributed by atoms with Crippen LogP contribution in [0.4, 0.5) is 0 Å². The molecule has 0 bridgehead atoms. The van der Waals surface area contributed by atoms with Crippen LogP contribution in [-0.2, 0) is 12.1 Å². The molecule has 0 atom stereocenters. The molecule has 210 valence electrons. The fourth-order valence-corrected chi connectivity index (χ4v) is 6.59. The molecule has 5 aromatic rings. The topological polar surface area (TPSA) is 94.1 Å². The molecule has 1 aliphatic heterocycles. The van der Waals surface area contributed by atoms with Crippen LogP contribution in [0.2, 0.25) is 0 Å². The second kappa shape index (κ2) is 9.94. The van der Waals surface area contributed by atoms with Crippen molar-refractivity contribution in [3.8, 4) is 22.8 Å². The number of carbonyl (C=O) groups excluding carboxylic acids is 1. The number of imidazole rings is 1. The molecule has 1 aliphatic carbocycles. The lowest BCUT2D eigenvalue weighted by atomic mass is 9.81. The number of nitrogens with one attached hydrogen (secondary N) is 2. The van der Waals surface area contributed by atoms with E-state index in [9.17, 15) is 4.79 Å². The SMILES string of the molecule is COc1ccc2c(c1)OCCn1c-2c(C2CCCCC2)c2ccc(C(=O)NC(C)(C)c3nc4ncccc4[nH]3)cc21. The van der Waals surface area contributed by atoms with Crippen molar-refractivity contribution in [3.63, 3.8) is 0 Å². The Bertz CT molecular complexity index is 1740. The van der Waals surface area contributed by atoms with Gasteiger partial charge >= 0.3 is 0 Å². The summed E-state index contributed by atoms with van der Waals surface area (Å²) in [7, 11) is 1.68. The van der Waals surface area contributed by atoms with Crippen molar-refractivity contribution in [2.45, 2.75) is 64.0 Å². The summed E-state index contributed by atoms with van der Waals surface area (Å²) in [6.45, 7) is 5.16. The third-order valence-corrected chi connectivity index (χ3v) is 8.67. The number of aromatic nitrogens is 4. The Hall–Kier alpha value is -4.33. The van der Waals surface area contributed by atoms with Gasteiger partial charge in [-0.15, -0.1) is 0 Å². The summed E-state index contributed by atoms with van der Waals surface area (Å²) >= 11 is 0. The highest BCUT2D eigenvalue weighted by Crippen LogP contribution is 2.47. The van der Waals surface area contributed by atoms with Crippen molar-refractivity contribution in [3.05, 3.63) is 71.7 Å². The van der Waals surface area contributed by atoms with E-state index in [0.29, 0.717) is 36.1 Å². The van der Waals surface area contributed by atoms with Crippen LogP contribution in [0, 0.1) is 0 Å². The Kier molecular flexibility index (Phi) is 6.21. The maximum Gasteiger partial charge on any atom is 0.252 e. The predicted octanol–water partition coefficient (Wildman–Crippen LogP) is 6.69. The molecular formula is C33H35N5O3. The lowest BCUT2D eigenvalue weighted by Crippen LogP contribution is -2.41. The summed E-state index contributed by atoms with van der Waals surface area (Å²) in [5.41, 5.74) is 6.15. The minimum Gasteiger partial charge on any atom is -0.497 e. The lowest BCUT2D eigenvalue weighted by molar-refractivity contribution is 0.0909. The molecule has 4 heterocycles. The largest absolute Gasteiger partial charge is 0.497 e. The maximum atomic E-state index is 13.7. The molecule has 0 saturated heterocycles. The second-order valence-electron chi connectivity index (χ2n) is 11.7. The zero-order valence-corrected chi connectivity index (χ0v) is 23.8. The van der Waals surface area contributed by atoms with Crippen molar-refractivity contribution in [1.82, 2.24) is 24.8 Å². The minimum absolute atomic E-state index is 0.143. The summed E-state index contributed by atoms with van der Waals surface area (Å²) in [5, 5.41) is 4.43. The van der Waals surface area contributed by atoms with E-state index in [1.54, 1.807) is 13.3 Å². The zero-order chi connectivity index (χ0) is 28.1. The van der Waals surface area contributed by atoms with Gasteiger partial charge in [-0.1, -0.05) is 25.3 Å². The number of fused-ring (bicyclic) bond motifs is 6. The highest BCUT2D eigenvalue weighted by Gasteiger charge is 2.31. The summed E-state index contributed by atoms with van der Waals surface area (Å²) in [4.78, 5) is 26.0. The monoisotopic (exact) mass is 549 g/mol. The fourth-order valence-electron chi connectivity index (χ4n) is 6.59. The van der Waals surface area contributed by atoms with Gasteiger partial charge in [0.05, 0.1) is 30.4 Å². The normalized spacial score (nSPS) is 15.7. The quantitative estimate of drug-likeness (QED) is 0.255. The summed E-state index contributed by atoms with van der Waals surface area (Å²) in [6.07, 6.45) is 7.87. The van der Waals surface area contributed by atoms with E-state index in [1.807, 2.05) is 50.2 Å². The van der Waals surface area contributed by atoms with Crippen molar-refractivity contribution >= 4 is 28.0 Å². The second-order valence-corrected chi connectivity index (χ2v) is 11.7. The van der Waals surface area contributed by atoms with Gasteiger partial charge in [-0.25, -0.2) is 9.97 Å². The van der Waals surface area contributed by atoms with Gasteiger partial charge < -0.3 is 24.3 Å². The minimum atomic E-state index is -0.720. The van der Waals surface area contributed by atoms with Crippen molar-refractivity contribution in [2.75, 3.05) is 13.7 Å². The molecule has 7 rings (SSSR count). The van der Waals surface area contributed by atoms with E-state index in [2.05, 4.69) is 37.0 Å². The number of carbonyl (C=O) groups is 1. The molecule has 1 amide bonds. The van der Waals surface area contributed by atoms with E-state index >= 15 is 0 Å². The first-order valence-electron chi connectivity index (χ1n) is 14.5. The molecule has 0 radical (unpaired) electrons. The molecular weight excluding hydrogens is 514 g/mol. The van der Waals surface area contributed by atoms with Crippen LogP contribution in [0.25, 0.3) is 33.3 Å². The van der Waals surface area contributed by atoms with E-state index in [4.69, 9.17) is 9.47 Å². The van der Waals surface area contributed by atoms with Crippen LogP contribution in [0.1, 0.15) is 73.6 Å². The number of rotatable bonds is 5. The molecule has 8 heteroatoms. The van der Waals surface area contributed by atoms with E-state index in [-0.39, 0.29) is 5.91 Å². The van der Waals surface area contributed by atoms with Gasteiger partial charge in [0.2, 0.25) is 0 Å². The molecule has 0 spiro atoms. The maximum absolute atomic E-state index is 13.7. The van der Waals surface area contributed by atoms with E-state index in [0.717, 1.165) is 28.1 Å². The number of hydrogen-bond acceptors (Lipinski definition) is 5. The summed E-state index contributed by atoms with van der Waals surface area (Å²) in [5.74, 6) is 2.64. The Morgan fingerprint density at radius 1 is 1.12 bits per heavy atom. The molecule has 3 aromatic heterocycles. The van der Waals surface area contributed by atoms with E-state index in [1.165, 1.54) is 48.7 Å². The molecule has 2 aromatic carbocycles. The zero-order valence-electron chi connectivity index (χ0n) is 23.8. The number of benzene rings is 2. The number of aromatic amines is 1. The number of nitrogens with zero attached hydrogens (tertiary/aromatic N) is 3. The average Bonchev–Trinajstić information content (AvgIpc) is 3.52. The van der Waals surface area contributed by atoms with Crippen LogP contribution < -0.4 is 14.8 Å². The average molecular weight is 550 g/mol. The number of H-pyrrole nitrogens is 1. The van der Waals surface area contributed by atoms with Gasteiger partial charge in [-0.3, -0.25) is 4.79 Å². The molecule has 1 saturated carbocycles. The highest BCUT2D eigenvalue weighted by atomic mass is 16.5. The van der Waals surface area contributed by atoms with Crippen molar-refractivity contribution in [2.24, 2.45) is 0 Å². The third kappa shape index (κ3) is 4.42. The van der Waals surface area contributed by atoms with Crippen LogP contribution in [0.5, 0.6) is 11.5 Å². The Balaban J connectivity index is 1.31. The Labute approximate surface area is 239 Å². The summed E-state index contributed by atoms with van der Waals surface area (Å²) < 4.78 is 14.1. The molecule has 8 nitrogen and oxygen atoms in total. The lowest BCUT2D eigenvalue weighted by Gasteiger charge is -2.24. The standard InChI is InChI=1S/C33H35N5O3/c1-33(2,32-35-25-10-7-15-34-30(25)36-32)37-31(39)21-11-13-23-26(18-21)38-16-17-41-27-19-22(40-3)12-14-24(27)29(38)28(23)20-8-5-4-6-9-20/h7,10-15,18-20H,4-6,8-9,16-17H2,1-3H3,(H,37,39)(H,34,35,36). The van der Waals surface area contributed by atoms with Crippen LogP contribution in [-0.4, -0.2) is 39.1 Å². The van der Waals surface area contributed by atoms with Crippen LogP contribution >= 0.6 is 0 Å². The van der Waals surface area contributed by atoms with Gasteiger partial charge in [0.15, 0.2) is 5.65 Å². The summed E-state index contributed by atoms with van der Waals surface area (Å²) in [6, 6.07) is 16.1. The van der Waals surface area contributed by atoms with Crippen molar-refractivity contribution in [1.29, 1.82) is 0 Å². The molecule has 2 aliphatic rings. The fraction of sp³-hybridized carbons (Fsp3) is 0.364. The van der Waals surface area contributed by atoms with Gasteiger partial charge in [0.1, 0.15) is 23.9 Å². The number of amides is 1.